The number of benzene rings is 2. The van der Waals surface area contributed by atoms with E-state index in [9.17, 15) is 29.1 Å². The average molecular weight is 725 g/mol. The zero-order valence-corrected chi connectivity index (χ0v) is 30.0. The fourth-order valence-corrected chi connectivity index (χ4v) is 7.49. The Labute approximate surface area is 300 Å². The zero-order valence-electron chi connectivity index (χ0n) is 28.4. The Kier molecular flexibility index (Phi) is 14.0. The van der Waals surface area contributed by atoms with Crippen LogP contribution in [0.2, 0.25) is 0 Å². The second kappa shape index (κ2) is 18.1. The molecule has 1 aliphatic heterocycles. The first-order valence-electron chi connectivity index (χ1n) is 16.6. The summed E-state index contributed by atoms with van der Waals surface area (Å²) in [5, 5.41) is 22.9. The van der Waals surface area contributed by atoms with Crippen molar-refractivity contribution >= 4 is 58.9 Å². The van der Waals surface area contributed by atoms with Gasteiger partial charge in [-0.1, -0.05) is 69.9 Å². The topological polar surface area (TPSA) is 174 Å². The van der Waals surface area contributed by atoms with Crippen LogP contribution in [0.1, 0.15) is 70.4 Å². The van der Waals surface area contributed by atoms with Crippen molar-refractivity contribution < 1.29 is 38.9 Å². The van der Waals surface area contributed by atoms with Crippen molar-refractivity contribution in [3.63, 3.8) is 0 Å². The standard InChI is InChI=1S/C36H44N4O8S2/c1-4-6-18-36(19-7-5-2)35(47)40(24-11-9-8-10-12-24)31-27(50-39-36)21-26(33(49-3)32(31)45)48-22-28(42)38-30(23-13-15-25(41)16-14-23)34(46)37-20-17-29(43)44/h8-16,21,30,33,39,41H,4-7,17-20,22H2,1-3H3,(H,37,46)(H,38,42)(H,43,44)/t30-,33+/m1/s1. The number of para-hydroxylation sites is 1. The number of carbonyl (C=O) groups is 5. The molecular weight excluding hydrogens is 681 g/mol. The van der Waals surface area contributed by atoms with Crippen LogP contribution in [-0.2, 0) is 28.7 Å². The second-order valence-corrected chi connectivity index (χ2v) is 13.8. The number of nitrogens with one attached hydrogen (secondary N) is 3. The van der Waals surface area contributed by atoms with Gasteiger partial charge in [-0.2, -0.15) is 0 Å². The Morgan fingerprint density at radius 3 is 2.30 bits per heavy atom. The number of carboxylic acids is 1. The number of aromatic hydroxyl groups is 1. The third kappa shape index (κ3) is 9.29. The number of phenols is 1. The molecule has 50 heavy (non-hydrogen) atoms. The zero-order chi connectivity index (χ0) is 36.3. The molecule has 0 saturated carbocycles. The van der Waals surface area contributed by atoms with Crippen molar-refractivity contribution in [3.05, 3.63) is 82.6 Å². The van der Waals surface area contributed by atoms with Gasteiger partial charge in [0.25, 0.3) is 11.8 Å². The summed E-state index contributed by atoms with van der Waals surface area (Å²) in [5.41, 5.74) is 0.269. The highest BCUT2D eigenvalue weighted by atomic mass is 32.2. The maximum Gasteiger partial charge on any atom is 0.305 e. The van der Waals surface area contributed by atoms with Gasteiger partial charge >= 0.3 is 5.97 Å². The summed E-state index contributed by atoms with van der Waals surface area (Å²) in [6.45, 7) is 3.47. The van der Waals surface area contributed by atoms with E-state index in [0.29, 0.717) is 29.0 Å². The number of thioether (sulfide) groups is 1. The number of rotatable bonds is 17. The van der Waals surface area contributed by atoms with Crippen molar-refractivity contribution in [2.75, 3.05) is 24.3 Å². The lowest BCUT2D eigenvalue weighted by Gasteiger charge is -2.36. The van der Waals surface area contributed by atoms with Gasteiger partial charge in [-0.25, -0.2) is 4.72 Å². The molecule has 2 atom stereocenters. The van der Waals surface area contributed by atoms with Crippen LogP contribution in [-0.4, -0.2) is 69.9 Å². The van der Waals surface area contributed by atoms with Gasteiger partial charge in [0, 0.05) is 12.2 Å². The van der Waals surface area contributed by atoms with E-state index in [1.165, 1.54) is 48.0 Å². The van der Waals surface area contributed by atoms with Crippen molar-refractivity contribution in [3.8, 4) is 5.75 Å². The largest absolute Gasteiger partial charge is 0.508 e. The molecule has 5 N–H and O–H groups in total. The minimum absolute atomic E-state index is 0.0366. The Morgan fingerprint density at radius 2 is 1.70 bits per heavy atom. The van der Waals surface area contributed by atoms with Gasteiger partial charge in [-0.15, -0.1) is 11.8 Å². The first-order valence-corrected chi connectivity index (χ1v) is 18.7. The molecule has 0 saturated heterocycles. The smallest absolute Gasteiger partial charge is 0.305 e. The number of hydrogen-bond acceptors (Lipinski definition) is 10. The first-order chi connectivity index (χ1) is 24.0. The molecule has 2 aromatic rings. The Balaban J connectivity index is 1.63. The summed E-state index contributed by atoms with van der Waals surface area (Å²) in [6, 6.07) is 13.6. The number of aliphatic carboxylic acids is 1. The molecule has 3 amide bonds. The third-order valence-electron chi connectivity index (χ3n) is 8.40. The predicted molar refractivity (Wildman–Crippen MR) is 194 cm³/mol. The number of unbranched alkanes of at least 4 members (excludes halogenated alkanes) is 2. The molecule has 4 rings (SSSR count). The summed E-state index contributed by atoms with van der Waals surface area (Å²) < 4.78 is 9.45. The van der Waals surface area contributed by atoms with E-state index in [1.807, 2.05) is 30.3 Å². The van der Waals surface area contributed by atoms with Crippen LogP contribution in [0.5, 0.6) is 5.75 Å². The number of carbonyl (C=O) groups excluding carboxylic acids is 4. The highest BCUT2D eigenvalue weighted by Crippen LogP contribution is 2.43. The minimum Gasteiger partial charge on any atom is -0.508 e. The number of ketones is 1. The van der Waals surface area contributed by atoms with E-state index in [4.69, 9.17) is 9.84 Å². The lowest BCUT2D eigenvalue weighted by atomic mass is 9.86. The van der Waals surface area contributed by atoms with Crippen LogP contribution in [0.15, 0.2) is 77.0 Å². The number of hydrogen-bond donors (Lipinski definition) is 5. The van der Waals surface area contributed by atoms with Crippen LogP contribution in [0.4, 0.5) is 5.69 Å². The van der Waals surface area contributed by atoms with Gasteiger partial charge < -0.3 is 25.6 Å². The van der Waals surface area contributed by atoms with Crippen LogP contribution < -0.4 is 20.3 Å². The van der Waals surface area contributed by atoms with Crippen LogP contribution in [0.3, 0.4) is 0 Å². The maximum atomic E-state index is 14.6. The van der Waals surface area contributed by atoms with Gasteiger partial charge in [0.05, 0.1) is 11.3 Å². The van der Waals surface area contributed by atoms with Crippen LogP contribution in [0.25, 0.3) is 0 Å². The molecule has 0 fully saturated rings. The summed E-state index contributed by atoms with van der Waals surface area (Å²) in [7, 11) is 0. The number of allylic oxidation sites excluding steroid dienone is 2. The number of carboxylic acid groups (broad SMARTS) is 1. The molecule has 0 spiro atoms. The summed E-state index contributed by atoms with van der Waals surface area (Å²) >= 11 is 2.44. The minimum atomic E-state index is -1.21. The summed E-state index contributed by atoms with van der Waals surface area (Å²) in [4.78, 5) is 68.2. The molecule has 12 nitrogen and oxygen atoms in total. The molecule has 0 bridgehead atoms. The van der Waals surface area contributed by atoms with E-state index in [2.05, 4.69) is 29.2 Å². The fourth-order valence-electron chi connectivity index (χ4n) is 5.73. The summed E-state index contributed by atoms with van der Waals surface area (Å²) in [6.07, 6.45) is 7.76. The Bertz CT molecular complexity index is 1610. The molecule has 2 aromatic carbocycles. The Morgan fingerprint density at radius 1 is 1.04 bits per heavy atom. The van der Waals surface area contributed by atoms with Crippen molar-refractivity contribution in [2.45, 2.75) is 75.6 Å². The fraction of sp³-hybridized carbons (Fsp3) is 0.417. The number of ether oxygens (including phenoxy) is 1. The molecule has 1 heterocycles. The Hall–Kier alpha value is -4.27. The van der Waals surface area contributed by atoms with E-state index < -0.39 is 41.2 Å². The molecule has 0 aromatic heterocycles. The predicted octanol–water partition coefficient (Wildman–Crippen LogP) is 4.97. The number of phenolic OH excluding ortho intramolecular Hbond substituents is 1. The molecule has 2 aliphatic rings. The van der Waals surface area contributed by atoms with Crippen LogP contribution >= 0.6 is 23.7 Å². The van der Waals surface area contributed by atoms with Gasteiger partial charge in [0.15, 0.2) is 6.61 Å². The van der Waals surface area contributed by atoms with Gasteiger partial charge in [0.2, 0.25) is 11.7 Å². The van der Waals surface area contributed by atoms with E-state index >= 15 is 0 Å². The van der Waals surface area contributed by atoms with Crippen LogP contribution in [0, 0.1) is 0 Å². The lowest BCUT2D eigenvalue weighted by molar-refractivity contribution is -0.137. The van der Waals surface area contributed by atoms with Crippen molar-refractivity contribution in [1.29, 1.82) is 0 Å². The quantitative estimate of drug-likeness (QED) is 0.139. The van der Waals surface area contributed by atoms with E-state index in [1.54, 1.807) is 17.2 Å². The normalized spacial score (nSPS) is 17.7. The molecular formula is C36H44N4O8S2. The SMILES string of the molecule is CCCCC1(CCCC)NSC2=C(C(=O)[C@@H](SC)C(OCC(=O)N[C@@H](C(=O)NCCC(=O)O)c3ccc(O)cc3)=C2)N(c2ccccc2)C1=O. The number of amides is 3. The highest BCUT2D eigenvalue weighted by molar-refractivity contribution is 8.01. The molecule has 1 aliphatic carbocycles. The molecule has 0 unspecified atom stereocenters. The number of Topliss-reactive ketones (excluding diaryl/α,β-unsaturated/α-hetero) is 1. The molecule has 0 radical (unpaired) electrons. The lowest BCUT2D eigenvalue weighted by Crippen LogP contribution is -2.55. The molecule has 14 heteroatoms. The van der Waals surface area contributed by atoms with Gasteiger partial charge in [-0.05, 0) is 67.0 Å². The first kappa shape index (κ1) is 38.5. The van der Waals surface area contributed by atoms with Crippen molar-refractivity contribution in [2.24, 2.45) is 0 Å². The molecule has 268 valence electrons. The third-order valence-corrected chi connectivity index (χ3v) is 10.3. The number of nitrogens with zero attached hydrogens (tertiary/aromatic N) is 1. The van der Waals surface area contributed by atoms with Gasteiger partial charge in [0.1, 0.15) is 34.0 Å². The van der Waals surface area contributed by atoms with E-state index in [0.717, 1.165) is 25.7 Å². The highest BCUT2D eigenvalue weighted by Gasteiger charge is 2.48. The van der Waals surface area contributed by atoms with Crippen molar-refractivity contribution in [1.82, 2.24) is 15.4 Å². The summed E-state index contributed by atoms with van der Waals surface area (Å²) in [5.74, 6) is -2.73. The van der Waals surface area contributed by atoms with E-state index in [-0.39, 0.29) is 41.9 Å². The maximum absolute atomic E-state index is 14.6. The average Bonchev–Trinajstić information content (AvgIpc) is 3.22. The number of anilines is 1. The van der Waals surface area contributed by atoms with Gasteiger partial charge in [-0.3, -0.25) is 28.9 Å². The second-order valence-electron chi connectivity index (χ2n) is 12.0. The monoisotopic (exact) mass is 724 g/mol.